The fourth-order valence-electron chi connectivity index (χ4n) is 2.83. The van der Waals surface area contributed by atoms with Crippen LogP contribution < -0.4 is 11.1 Å². The third-order valence-corrected chi connectivity index (χ3v) is 4.91. The van der Waals surface area contributed by atoms with Crippen LogP contribution in [-0.2, 0) is 33.6 Å². The zero-order chi connectivity index (χ0) is 21.2. The van der Waals surface area contributed by atoms with Gasteiger partial charge < -0.3 is 25.7 Å². The van der Waals surface area contributed by atoms with Crippen LogP contribution in [0.1, 0.15) is 18.5 Å². The normalized spacial score (nSPS) is 24.5. The summed E-state index contributed by atoms with van der Waals surface area (Å²) in [4.78, 5) is 61.9. The number of nitrogens with two attached hydrogens (primary N) is 1. The van der Waals surface area contributed by atoms with Crippen molar-refractivity contribution in [1.82, 2.24) is 15.4 Å². The number of cyclic esters (lactones) is 1. The molecule has 13 nitrogen and oxygen atoms in total. The number of esters is 1. The van der Waals surface area contributed by atoms with Crippen molar-refractivity contribution in [3.8, 4) is 0 Å². The molecule has 2 atom stereocenters. The van der Waals surface area contributed by atoms with Gasteiger partial charge in [-0.05, 0) is 0 Å². The van der Waals surface area contributed by atoms with Gasteiger partial charge in [-0.1, -0.05) is 5.16 Å². The number of hydrogen-bond donors (Lipinski definition) is 3. The first-order chi connectivity index (χ1) is 13.8. The van der Waals surface area contributed by atoms with E-state index in [9.17, 15) is 24.3 Å². The molecule has 1 aromatic rings. The summed E-state index contributed by atoms with van der Waals surface area (Å²) in [6.45, 7) is -0.383. The second-order valence-electron chi connectivity index (χ2n) is 6.09. The van der Waals surface area contributed by atoms with Crippen LogP contribution in [-0.4, -0.2) is 70.6 Å². The number of hydroxylamine groups is 2. The molecule has 3 rings (SSSR count). The fourth-order valence-corrected chi connectivity index (χ4v) is 3.38. The summed E-state index contributed by atoms with van der Waals surface area (Å²) in [6, 6.07) is 0. The van der Waals surface area contributed by atoms with E-state index in [0.29, 0.717) is 5.06 Å². The average Bonchev–Trinajstić information content (AvgIpc) is 3.37. The van der Waals surface area contributed by atoms with Crippen LogP contribution in [0.25, 0.3) is 0 Å². The maximum Gasteiger partial charge on any atom is 0.372 e. The predicted octanol–water partition coefficient (Wildman–Crippen LogP) is -1.30. The summed E-state index contributed by atoms with van der Waals surface area (Å²) < 4.78 is 4.87. The first kappa shape index (κ1) is 20.5. The summed E-state index contributed by atoms with van der Waals surface area (Å²) in [7, 11) is 1.25. The Morgan fingerprint density at radius 1 is 1.55 bits per heavy atom. The lowest BCUT2D eigenvalue weighted by molar-refractivity contribution is -0.256. The monoisotopic (exact) mass is 427 g/mol. The number of nitrogen functional groups attached to an aromatic ring is 1. The van der Waals surface area contributed by atoms with E-state index < -0.39 is 35.4 Å². The summed E-state index contributed by atoms with van der Waals surface area (Å²) in [5.74, 6) is -4.56. The molecule has 156 valence electrons. The molecule has 29 heavy (non-hydrogen) atoms. The molecule has 2 saturated heterocycles. The highest BCUT2D eigenvalue weighted by Crippen LogP contribution is 2.35. The number of carbonyl (C=O) groups excluding carboxylic acids is 3. The number of rotatable bonds is 7. The van der Waals surface area contributed by atoms with Gasteiger partial charge in [0.1, 0.15) is 12.8 Å². The van der Waals surface area contributed by atoms with Gasteiger partial charge in [0.25, 0.3) is 11.8 Å². The van der Waals surface area contributed by atoms with Crippen molar-refractivity contribution in [2.24, 2.45) is 11.1 Å². The lowest BCUT2D eigenvalue weighted by Gasteiger charge is -2.30. The Labute approximate surface area is 167 Å². The number of oxime groups is 1. The molecule has 14 heteroatoms. The second-order valence-corrected chi connectivity index (χ2v) is 6.98. The van der Waals surface area contributed by atoms with Gasteiger partial charge in [0.05, 0.1) is 18.9 Å². The lowest BCUT2D eigenvalue weighted by Crippen LogP contribution is -2.55. The van der Waals surface area contributed by atoms with E-state index >= 15 is 0 Å². The van der Waals surface area contributed by atoms with Crippen LogP contribution in [0, 0.1) is 5.92 Å². The van der Waals surface area contributed by atoms with Gasteiger partial charge in [-0.25, -0.2) is 9.78 Å². The van der Waals surface area contributed by atoms with Crippen molar-refractivity contribution in [2.45, 2.75) is 18.6 Å². The van der Waals surface area contributed by atoms with E-state index in [1.807, 2.05) is 0 Å². The van der Waals surface area contributed by atoms with E-state index in [2.05, 4.69) is 20.3 Å². The van der Waals surface area contributed by atoms with E-state index in [4.69, 9.17) is 15.3 Å². The molecule has 2 aliphatic heterocycles. The van der Waals surface area contributed by atoms with E-state index in [1.54, 1.807) is 0 Å². The molecule has 4 N–H and O–H groups in total. The second kappa shape index (κ2) is 8.00. The molecule has 0 aromatic carbocycles. The van der Waals surface area contributed by atoms with Gasteiger partial charge in [0.2, 0.25) is 0 Å². The van der Waals surface area contributed by atoms with Crippen LogP contribution in [0.2, 0.25) is 0 Å². The van der Waals surface area contributed by atoms with Gasteiger partial charge >= 0.3 is 17.7 Å². The molecule has 0 radical (unpaired) electrons. The summed E-state index contributed by atoms with van der Waals surface area (Å²) in [5.41, 5.74) is 3.41. The van der Waals surface area contributed by atoms with Gasteiger partial charge in [0.15, 0.2) is 10.8 Å². The Kier molecular flexibility index (Phi) is 5.65. The standard InChI is InChI=1S/C15H17N5O8S/c1-26-19-10(8-6-29-14(16)18-8)11(22)17-4-7-5-27-20(12(7)23)15(13(24)25)3-2-9(21)28-15/h6-7H,2-5H2,1H3,(H2,16,18)(H,17,22)(H,24,25)/b19-10-/t7-,15?/m0/s1. The largest absolute Gasteiger partial charge is 0.477 e. The lowest BCUT2D eigenvalue weighted by atomic mass is 10.1. The third kappa shape index (κ3) is 3.84. The number of hydrogen-bond acceptors (Lipinski definition) is 11. The minimum absolute atomic E-state index is 0.143. The molecule has 1 aromatic heterocycles. The van der Waals surface area contributed by atoms with Gasteiger partial charge in [-0.15, -0.1) is 11.3 Å². The van der Waals surface area contributed by atoms with Crippen molar-refractivity contribution in [3.05, 3.63) is 11.1 Å². The van der Waals surface area contributed by atoms with Gasteiger partial charge in [0, 0.05) is 18.3 Å². The number of aliphatic carboxylic acids is 1. The van der Waals surface area contributed by atoms with Crippen molar-refractivity contribution < 1.29 is 38.7 Å². The Bertz CT molecular complexity index is 886. The highest BCUT2D eigenvalue weighted by Gasteiger charge is 2.58. The maximum atomic E-state index is 12.6. The zero-order valence-corrected chi connectivity index (χ0v) is 15.9. The molecular formula is C15H17N5O8S. The molecule has 0 spiro atoms. The topological polar surface area (TPSA) is 183 Å². The summed E-state index contributed by atoms with van der Waals surface area (Å²) >= 11 is 1.11. The molecule has 2 aliphatic rings. The van der Waals surface area contributed by atoms with Crippen LogP contribution in [0.4, 0.5) is 5.13 Å². The van der Waals surface area contributed by atoms with Crippen molar-refractivity contribution >= 4 is 45.9 Å². The van der Waals surface area contributed by atoms with E-state index in [-0.39, 0.29) is 42.5 Å². The number of carboxylic acid groups (broad SMARTS) is 1. The van der Waals surface area contributed by atoms with Gasteiger partial charge in [-0.2, -0.15) is 5.06 Å². The molecule has 1 unspecified atom stereocenters. The first-order valence-electron chi connectivity index (χ1n) is 8.31. The van der Waals surface area contributed by atoms with Crippen molar-refractivity contribution in [1.29, 1.82) is 0 Å². The average molecular weight is 427 g/mol. The summed E-state index contributed by atoms with van der Waals surface area (Å²) in [6.07, 6.45) is -0.393. The van der Waals surface area contributed by atoms with Crippen LogP contribution in [0.15, 0.2) is 10.5 Å². The SMILES string of the molecule is CO/N=C(\C(=O)NC[C@H]1CON(C2(C(=O)O)CCC(=O)O2)C1=O)c1csc(N)n1. The molecule has 3 heterocycles. The maximum absolute atomic E-state index is 12.6. The Balaban J connectivity index is 1.66. The Morgan fingerprint density at radius 2 is 2.31 bits per heavy atom. The Morgan fingerprint density at radius 3 is 2.86 bits per heavy atom. The molecular weight excluding hydrogens is 410 g/mol. The molecule has 2 fully saturated rings. The zero-order valence-electron chi connectivity index (χ0n) is 15.1. The summed E-state index contributed by atoms with van der Waals surface area (Å²) in [5, 5.41) is 17.9. The number of ether oxygens (including phenoxy) is 1. The highest BCUT2D eigenvalue weighted by molar-refractivity contribution is 7.13. The number of amides is 2. The number of aromatic nitrogens is 1. The first-order valence-corrected chi connectivity index (χ1v) is 9.19. The molecule has 2 amide bonds. The number of carboxylic acids is 1. The molecule has 0 bridgehead atoms. The van der Waals surface area contributed by atoms with Crippen LogP contribution in [0.5, 0.6) is 0 Å². The van der Waals surface area contributed by atoms with Crippen molar-refractivity contribution in [3.63, 3.8) is 0 Å². The molecule has 0 aliphatic carbocycles. The van der Waals surface area contributed by atoms with Crippen molar-refractivity contribution in [2.75, 3.05) is 26.0 Å². The number of thiazole rings is 1. The highest BCUT2D eigenvalue weighted by atomic mass is 32.1. The minimum Gasteiger partial charge on any atom is -0.477 e. The Hall–Kier alpha value is -3.26. The number of nitrogens with one attached hydrogen (secondary N) is 1. The number of nitrogens with zero attached hydrogens (tertiary/aromatic N) is 3. The minimum atomic E-state index is -2.20. The third-order valence-electron chi connectivity index (χ3n) is 4.24. The smallest absolute Gasteiger partial charge is 0.372 e. The van der Waals surface area contributed by atoms with E-state index in [1.165, 1.54) is 12.5 Å². The predicted molar refractivity (Wildman–Crippen MR) is 95.1 cm³/mol. The molecule has 0 saturated carbocycles. The van der Waals surface area contributed by atoms with Gasteiger partial charge in [-0.3, -0.25) is 19.2 Å². The van der Waals surface area contributed by atoms with Crippen LogP contribution in [0.3, 0.4) is 0 Å². The van der Waals surface area contributed by atoms with E-state index in [0.717, 1.165) is 11.3 Å². The number of carbonyl (C=O) groups is 4. The fraction of sp³-hybridized carbons (Fsp3) is 0.467. The van der Waals surface area contributed by atoms with Crippen LogP contribution >= 0.6 is 11.3 Å². The number of anilines is 1. The quantitative estimate of drug-likeness (QED) is 0.268.